The summed E-state index contributed by atoms with van der Waals surface area (Å²) >= 11 is 0. The van der Waals surface area contributed by atoms with Gasteiger partial charge in [0, 0.05) is 25.7 Å². The van der Waals surface area contributed by atoms with Crippen LogP contribution in [0.25, 0.3) is 0 Å². The van der Waals surface area contributed by atoms with Crippen molar-refractivity contribution in [3.8, 4) is 0 Å². The second-order valence-electron chi connectivity index (χ2n) is 5.87. The van der Waals surface area contributed by atoms with Crippen LogP contribution in [0, 0.1) is 5.92 Å². The van der Waals surface area contributed by atoms with Gasteiger partial charge in [0.15, 0.2) is 0 Å². The topological polar surface area (TPSA) is 24.5 Å². The highest BCUT2D eigenvalue weighted by atomic mass is 16.5. The van der Waals surface area contributed by atoms with E-state index in [1.54, 1.807) is 0 Å². The molecule has 3 atom stereocenters. The SMILES string of the molecule is COC1CN(CC2(C)CCCN2)CCC1C. The number of nitrogens with zero attached hydrogens (tertiary/aromatic N) is 1. The lowest BCUT2D eigenvalue weighted by molar-refractivity contribution is -0.0113. The van der Waals surface area contributed by atoms with Crippen molar-refractivity contribution in [2.45, 2.75) is 44.8 Å². The molecule has 2 heterocycles. The fourth-order valence-corrected chi connectivity index (χ4v) is 3.13. The van der Waals surface area contributed by atoms with Gasteiger partial charge in [0.1, 0.15) is 0 Å². The van der Waals surface area contributed by atoms with Crippen LogP contribution < -0.4 is 5.32 Å². The van der Waals surface area contributed by atoms with Gasteiger partial charge in [0.2, 0.25) is 0 Å². The van der Waals surface area contributed by atoms with E-state index in [0.717, 1.165) is 6.54 Å². The van der Waals surface area contributed by atoms with Gasteiger partial charge in [-0.05, 0) is 45.2 Å². The van der Waals surface area contributed by atoms with Gasteiger partial charge in [-0.25, -0.2) is 0 Å². The Morgan fingerprint density at radius 2 is 2.31 bits per heavy atom. The Bertz CT molecular complexity index is 226. The molecule has 2 saturated heterocycles. The predicted molar refractivity (Wildman–Crippen MR) is 66.7 cm³/mol. The molecule has 0 aromatic rings. The van der Waals surface area contributed by atoms with E-state index in [1.807, 2.05) is 7.11 Å². The number of likely N-dealkylation sites (tertiary alicyclic amines) is 1. The second kappa shape index (κ2) is 5.03. The lowest BCUT2D eigenvalue weighted by atomic mass is 9.93. The minimum atomic E-state index is 0.346. The molecule has 1 N–H and O–H groups in total. The first kappa shape index (κ1) is 12.3. The van der Waals surface area contributed by atoms with E-state index in [0.29, 0.717) is 17.6 Å². The van der Waals surface area contributed by atoms with Gasteiger partial charge in [0.25, 0.3) is 0 Å². The molecule has 0 aromatic carbocycles. The summed E-state index contributed by atoms with van der Waals surface area (Å²) in [6.07, 6.45) is 4.35. The fourth-order valence-electron chi connectivity index (χ4n) is 3.13. The Labute approximate surface area is 99.5 Å². The third-order valence-electron chi connectivity index (χ3n) is 4.31. The van der Waals surface area contributed by atoms with Gasteiger partial charge < -0.3 is 10.1 Å². The van der Waals surface area contributed by atoms with Crippen LogP contribution >= 0.6 is 0 Å². The zero-order valence-corrected chi connectivity index (χ0v) is 11.0. The zero-order valence-electron chi connectivity index (χ0n) is 11.0. The van der Waals surface area contributed by atoms with Gasteiger partial charge in [0.05, 0.1) is 6.10 Å². The predicted octanol–water partition coefficient (Wildman–Crippen LogP) is 1.49. The van der Waals surface area contributed by atoms with Crippen LogP contribution in [-0.2, 0) is 4.74 Å². The van der Waals surface area contributed by atoms with E-state index in [2.05, 4.69) is 24.1 Å². The molecule has 3 nitrogen and oxygen atoms in total. The molecule has 94 valence electrons. The minimum Gasteiger partial charge on any atom is -0.380 e. The van der Waals surface area contributed by atoms with Crippen molar-refractivity contribution in [2.24, 2.45) is 5.92 Å². The van der Waals surface area contributed by atoms with Crippen LogP contribution in [0.15, 0.2) is 0 Å². The number of rotatable bonds is 3. The molecule has 0 bridgehead atoms. The first-order valence-electron chi connectivity index (χ1n) is 6.63. The number of nitrogens with one attached hydrogen (secondary N) is 1. The van der Waals surface area contributed by atoms with Crippen molar-refractivity contribution >= 4 is 0 Å². The lowest BCUT2D eigenvalue weighted by Gasteiger charge is -2.40. The smallest absolute Gasteiger partial charge is 0.0724 e. The molecule has 0 aliphatic carbocycles. The number of piperidine rings is 1. The standard InChI is InChI=1S/C13H26N2O/c1-11-5-8-15(9-12(11)16-3)10-13(2)6-4-7-14-13/h11-12,14H,4-10H2,1-3H3. The van der Waals surface area contributed by atoms with Crippen LogP contribution in [0.3, 0.4) is 0 Å². The van der Waals surface area contributed by atoms with Crippen LogP contribution in [0.5, 0.6) is 0 Å². The normalized spacial score (nSPS) is 41.4. The summed E-state index contributed by atoms with van der Waals surface area (Å²) in [6, 6.07) is 0. The molecule has 0 aromatic heterocycles. The van der Waals surface area contributed by atoms with Gasteiger partial charge in [-0.3, -0.25) is 4.90 Å². The number of methoxy groups -OCH3 is 1. The van der Waals surface area contributed by atoms with Crippen molar-refractivity contribution in [3.63, 3.8) is 0 Å². The molecule has 2 rings (SSSR count). The quantitative estimate of drug-likeness (QED) is 0.789. The molecule has 0 spiro atoms. The van der Waals surface area contributed by atoms with Gasteiger partial charge >= 0.3 is 0 Å². The second-order valence-corrected chi connectivity index (χ2v) is 5.87. The average molecular weight is 226 g/mol. The van der Waals surface area contributed by atoms with Crippen LogP contribution in [0.4, 0.5) is 0 Å². The van der Waals surface area contributed by atoms with Crippen molar-refractivity contribution in [3.05, 3.63) is 0 Å². The van der Waals surface area contributed by atoms with E-state index >= 15 is 0 Å². The molecule has 16 heavy (non-hydrogen) atoms. The first-order valence-corrected chi connectivity index (χ1v) is 6.63. The maximum atomic E-state index is 5.57. The first-order chi connectivity index (χ1) is 7.63. The Hall–Kier alpha value is -0.120. The molecule has 3 unspecified atom stereocenters. The fraction of sp³-hybridized carbons (Fsp3) is 1.00. The van der Waals surface area contributed by atoms with Gasteiger partial charge in [-0.1, -0.05) is 6.92 Å². The van der Waals surface area contributed by atoms with E-state index in [1.165, 1.54) is 38.9 Å². The Morgan fingerprint density at radius 1 is 1.50 bits per heavy atom. The maximum Gasteiger partial charge on any atom is 0.0724 e. The van der Waals surface area contributed by atoms with E-state index < -0.39 is 0 Å². The van der Waals surface area contributed by atoms with Crippen molar-refractivity contribution < 1.29 is 4.74 Å². The maximum absolute atomic E-state index is 5.57. The third kappa shape index (κ3) is 2.76. The number of hydrogen-bond acceptors (Lipinski definition) is 3. The molecule has 0 radical (unpaired) electrons. The molecule has 0 saturated carbocycles. The summed E-state index contributed by atoms with van der Waals surface area (Å²) in [5.74, 6) is 0.714. The largest absolute Gasteiger partial charge is 0.380 e. The van der Waals surface area contributed by atoms with E-state index in [4.69, 9.17) is 4.74 Å². The summed E-state index contributed by atoms with van der Waals surface area (Å²) in [4.78, 5) is 2.58. The Kier molecular flexibility index (Phi) is 3.88. The summed E-state index contributed by atoms with van der Waals surface area (Å²) in [7, 11) is 1.85. The molecular weight excluding hydrogens is 200 g/mol. The van der Waals surface area contributed by atoms with Crippen molar-refractivity contribution in [1.29, 1.82) is 0 Å². The monoisotopic (exact) mass is 226 g/mol. The molecule has 0 amide bonds. The van der Waals surface area contributed by atoms with Crippen molar-refractivity contribution in [1.82, 2.24) is 10.2 Å². The van der Waals surface area contributed by atoms with E-state index in [-0.39, 0.29) is 0 Å². The van der Waals surface area contributed by atoms with Gasteiger partial charge in [-0.15, -0.1) is 0 Å². The number of ether oxygens (including phenoxy) is 1. The molecule has 2 fully saturated rings. The van der Waals surface area contributed by atoms with Crippen LogP contribution in [-0.4, -0.2) is 49.8 Å². The Balaban J connectivity index is 1.86. The van der Waals surface area contributed by atoms with Gasteiger partial charge in [-0.2, -0.15) is 0 Å². The molecule has 2 aliphatic rings. The third-order valence-corrected chi connectivity index (χ3v) is 4.31. The molecule has 2 aliphatic heterocycles. The number of hydrogen-bond donors (Lipinski definition) is 1. The highest BCUT2D eigenvalue weighted by Crippen LogP contribution is 2.24. The highest BCUT2D eigenvalue weighted by Gasteiger charge is 2.33. The zero-order chi connectivity index (χ0) is 11.6. The lowest BCUT2D eigenvalue weighted by Crippen LogP contribution is -2.52. The highest BCUT2D eigenvalue weighted by molar-refractivity contribution is 4.93. The van der Waals surface area contributed by atoms with Crippen LogP contribution in [0.1, 0.15) is 33.1 Å². The average Bonchev–Trinajstić information content (AvgIpc) is 2.68. The summed E-state index contributed by atoms with van der Waals surface area (Å²) in [6.45, 7) is 9.38. The molecular formula is C13H26N2O. The Morgan fingerprint density at radius 3 is 2.94 bits per heavy atom. The van der Waals surface area contributed by atoms with Crippen molar-refractivity contribution in [2.75, 3.05) is 33.3 Å². The minimum absolute atomic E-state index is 0.346. The van der Waals surface area contributed by atoms with E-state index in [9.17, 15) is 0 Å². The molecule has 3 heteroatoms. The summed E-state index contributed by atoms with van der Waals surface area (Å²) < 4.78 is 5.57. The summed E-state index contributed by atoms with van der Waals surface area (Å²) in [5.41, 5.74) is 0.346. The summed E-state index contributed by atoms with van der Waals surface area (Å²) in [5, 5.41) is 3.64. The van der Waals surface area contributed by atoms with Crippen LogP contribution in [0.2, 0.25) is 0 Å².